The smallest absolute Gasteiger partial charge is 0.124 e. The molecule has 1 rings (SSSR count). The van der Waals surface area contributed by atoms with Gasteiger partial charge in [0.05, 0.1) is 6.61 Å². The van der Waals surface area contributed by atoms with Gasteiger partial charge >= 0.3 is 0 Å². The average Bonchev–Trinajstić information content (AvgIpc) is 2.34. The SMILES string of the molecule is C[C@H](O)C#CC#CC(C)(C)OCc1ccccc1. The van der Waals surface area contributed by atoms with Crippen LogP contribution >= 0.6 is 0 Å². The van der Waals surface area contributed by atoms with Crippen LogP contribution in [0.15, 0.2) is 30.3 Å². The van der Waals surface area contributed by atoms with Gasteiger partial charge in [-0.25, -0.2) is 0 Å². The lowest BCUT2D eigenvalue weighted by Crippen LogP contribution is -2.21. The van der Waals surface area contributed by atoms with Crippen molar-refractivity contribution in [2.75, 3.05) is 0 Å². The van der Waals surface area contributed by atoms with Crippen molar-refractivity contribution in [2.24, 2.45) is 0 Å². The molecule has 1 aromatic rings. The lowest BCUT2D eigenvalue weighted by molar-refractivity contribution is 0.0144. The lowest BCUT2D eigenvalue weighted by Gasteiger charge is -2.18. The summed E-state index contributed by atoms with van der Waals surface area (Å²) in [6.45, 7) is 5.91. The van der Waals surface area contributed by atoms with Crippen molar-refractivity contribution < 1.29 is 9.84 Å². The lowest BCUT2D eigenvalue weighted by atomic mass is 10.1. The van der Waals surface area contributed by atoms with Gasteiger partial charge in [0.25, 0.3) is 0 Å². The third-order valence-electron chi connectivity index (χ3n) is 2.15. The summed E-state index contributed by atoms with van der Waals surface area (Å²) in [5.41, 5.74) is 0.561. The fraction of sp³-hybridized carbons (Fsp3) is 0.375. The summed E-state index contributed by atoms with van der Waals surface area (Å²) in [7, 11) is 0. The topological polar surface area (TPSA) is 29.5 Å². The van der Waals surface area contributed by atoms with E-state index in [0.717, 1.165) is 5.56 Å². The Morgan fingerprint density at radius 2 is 1.89 bits per heavy atom. The van der Waals surface area contributed by atoms with E-state index in [9.17, 15) is 0 Å². The minimum Gasteiger partial charge on any atom is -0.381 e. The fourth-order valence-electron chi connectivity index (χ4n) is 1.20. The maximum Gasteiger partial charge on any atom is 0.124 e. The molecule has 1 aromatic carbocycles. The van der Waals surface area contributed by atoms with Crippen molar-refractivity contribution in [3.05, 3.63) is 35.9 Å². The van der Waals surface area contributed by atoms with Gasteiger partial charge < -0.3 is 9.84 Å². The van der Waals surface area contributed by atoms with Crippen LogP contribution in [0.25, 0.3) is 0 Å². The van der Waals surface area contributed by atoms with Crippen molar-refractivity contribution in [1.82, 2.24) is 0 Å². The predicted molar refractivity (Wildman–Crippen MR) is 72.5 cm³/mol. The second-order valence-electron chi connectivity index (χ2n) is 4.48. The van der Waals surface area contributed by atoms with Gasteiger partial charge in [-0.05, 0) is 38.2 Å². The first kappa shape index (κ1) is 14.3. The maximum atomic E-state index is 8.96. The van der Waals surface area contributed by atoms with Crippen LogP contribution in [0.4, 0.5) is 0 Å². The predicted octanol–water partition coefficient (Wildman–Crippen LogP) is 2.37. The molecule has 2 heteroatoms. The monoisotopic (exact) mass is 242 g/mol. The summed E-state index contributed by atoms with van der Waals surface area (Å²) < 4.78 is 5.72. The van der Waals surface area contributed by atoms with Gasteiger partial charge in [-0.15, -0.1) is 0 Å². The maximum absolute atomic E-state index is 8.96. The van der Waals surface area contributed by atoms with Gasteiger partial charge in [-0.3, -0.25) is 0 Å². The van der Waals surface area contributed by atoms with E-state index in [0.29, 0.717) is 6.61 Å². The zero-order valence-electron chi connectivity index (χ0n) is 11.0. The Hall–Kier alpha value is -1.74. The Labute approximate surface area is 109 Å². The van der Waals surface area contributed by atoms with E-state index in [4.69, 9.17) is 9.84 Å². The van der Waals surface area contributed by atoms with E-state index in [1.165, 1.54) is 0 Å². The van der Waals surface area contributed by atoms with Gasteiger partial charge in [0.2, 0.25) is 0 Å². The summed E-state index contributed by atoms with van der Waals surface area (Å²) in [5.74, 6) is 10.8. The molecule has 18 heavy (non-hydrogen) atoms. The molecule has 0 aliphatic carbocycles. The molecule has 0 fully saturated rings. The molecule has 0 bridgehead atoms. The summed E-state index contributed by atoms with van der Waals surface area (Å²) in [5, 5.41) is 8.96. The summed E-state index contributed by atoms with van der Waals surface area (Å²) in [6, 6.07) is 9.95. The molecule has 0 radical (unpaired) electrons. The average molecular weight is 242 g/mol. The van der Waals surface area contributed by atoms with Crippen LogP contribution in [0.3, 0.4) is 0 Å². The molecule has 94 valence electrons. The van der Waals surface area contributed by atoms with Gasteiger partial charge in [0.15, 0.2) is 0 Å². The van der Waals surface area contributed by atoms with E-state index in [1.54, 1.807) is 6.92 Å². The first-order valence-corrected chi connectivity index (χ1v) is 5.88. The van der Waals surface area contributed by atoms with Crippen LogP contribution in [-0.2, 0) is 11.3 Å². The minimum atomic E-state index is -0.646. The highest BCUT2D eigenvalue weighted by Crippen LogP contribution is 2.11. The zero-order valence-corrected chi connectivity index (χ0v) is 11.0. The molecule has 0 spiro atoms. The Kier molecular flexibility index (Phi) is 5.46. The van der Waals surface area contributed by atoms with Crippen LogP contribution in [0.1, 0.15) is 26.3 Å². The normalized spacial score (nSPS) is 11.8. The molecule has 0 saturated carbocycles. The molecule has 0 saturated heterocycles. The summed E-state index contributed by atoms with van der Waals surface area (Å²) in [4.78, 5) is 0. The van der Waals surface area contributed by atoms with Crippen LogP contribution in [0.5, 0.6) is 0 Å². The highest BCUT2D eigenvalue weighted by molar-refractivity contribution is 5.30. The van der Waals surface area contributed by atoms with Crippen LogP contribution in [0, 0.1) is 23.7 Å². The first-order chi connectivity index (χ1) is 8.49. The van der Waals surface area contributed by atoms with Gasteiger partial charge in [0.1, 0.15) is 11.7 Å². The van der Waals surface area contributed by atoms with Crippen molar-refractivity contribution in [3.8, 4) is 23.7 Å². The Morgan fingerprint density at radius 3 is 2.50 bits per heavy atom. The van der Waals surface area contributed by atoms with E-state index in [2.05, 4.69) is 23.7 Å². The number of hydrogen-bond acceptors (Lipinski definition) is 2. The molecule has 0 heterocycles. The van der Waals surface area contributed by atoms with E-state index < -0.39 is 11.7 Å². The number of rotatable bonds is 3. The molecule has 0 aromatic heterocycles. The first-order valence-electron chi connectivity index (χ1n) is 5.88. The largest absolute Gasteiger partial charge is 0.381 e. The molecule has 2 nitrogen and oxygen atoms in total. The van der Waals surface area contributed by atoms with Crippen molar-refractivity contribution >= 4 is 0 Å². The van der Waals surface area contributed by atoms with Crippen LogP contribution in [0.2, 0.25) is 0 Å². The van der Waals surface area contributed by atoms with Gasteiger partial charge in [-0.1, -0.05) is 42.2 Å². The number of ether oxygens (including phenoxy) is 1. The molecular formula is C16H18O2. The molecule has 1 N–H and O–H groups in total. The number of aliphatic hydroxyl groups is 1. The second-order valence-corrected chi connectivity index (χ2v) is 4.48. The summed E-state index contributed by atoms with van der Waals surface area (Å²) >= 11 is 0. The Morgan fingerprint density at radius 1 is 1.22 bits per heavy atom. The fourth-order valence-corrected chi connectivity index (χ4v) is 1.20. The number of benzene rings is 1. The molecule has 0 unspecified atom stereocenters. The van der Waals surface area contributed by atoms with E-state index in [1.807, 2.05) is 44.2 Å². The second kappa shape index (κ2) is 6.87. The quantitative estimate of drug-likeness (QED) is 0.825. The number of aliphatic hydroxyl groups excluding tert-OH is 1. The zero-order chi connectivity index (χ0) is 13.4. The van der Waals surface area contributed by atoms with Gasteiger partial charge in [-0.2, -0.15) is 0 Å². The standard InChI is InChI=1S/C16H18O2/c1-14(17)9-7-8-12-16(2,3)18-13-15-10-5-4-6-11-15/h4-6,10-11,14,17H,13H2,1-3H3/t14-/m0/s1. The Bertz CT molecular complexity index is 479. The Balaban J connectivity index is 2.53. The van der Waals surface area contributed by atoms with Crippen molar-refractivity contribution in [2.45, 2.75) is 39.1 Å². The minimum absolute atomic E-state index is 0.520. The number of hydrogen-bond donors (Lipinski definition) is 1. The van der Waals surface area contributed by atoms with Crippen molar-refractivity contribution in [1.29, 1.82) is 0 Å². The molecule has 1 atom stereocenters. The van der Waals surface area contributed by atoms with E-state index in [-0.39, 0.29) is 0 Å². The third kappa shape index (κ3) is 6.11. The third-order valence-corrected chi connectivity index (χ3v) is 2.15. The highest BCUT2D eigenvalue weighted by atomic mass is 16.5. The molecule has 0 amide bonds. The molecular weight excluding hydrogens is 224 g/mol. The van der Waals surface area contributed by atoms with Gasteiger partial charge in [0, 0.05) is 0 Å². The molecule has 0 aliphatic heterocycles. The molecule has 0 aliphatic rings. The van der Waals surface area contributed by atoms with E-state index >= 15 is 0 Å². The van der Waals surface area contributed by atoms with Crippen LogP contribution in [-0.4, -0.2) is 16.8 Å². The highest BCUT2D eigenvalue weighted by Gasteiger charge is 2.14. The van der Waals surface area contributed by atoms with Crippen LogP contribution < -0.4 is 0 Å². The van der Waals surface area contributed by atoms with Crippen molar-refractivity contribution in [3.63, 3.8) is 0 Å². The summed E-state index contributed by atoms with van der Waals surface area (Å²) in [6.07, 6.45) is -0.646.